The minimum absolute atomic E-state index is 0.0478. The average molecular weight is 465 g/mol. The zero-order valence-electron chi connectivity index (χ0n) is 16.1. The monoisotopic (exact) mass is 464 g/mol. The van der Waals surface area contributed by atoms with Crippen LogP contribution in [0.3, 0.4) is 0 Å². The Morgan fingerprint density at radius 2 is 1.80 bits per heavy atom. The lowest BCUT2D eigenvalue weighted by Crippen LogP contribution is -2.39. The van der Waals surface area contributed by atoms with E-state index in [0.29, 0.717) is 23.3 Å². The zero-order valence-corrected chi connectivity index (χ0v) is 17.6. The second kappa shape index (κ2) is 6.51. The molecule has 150 valence electrons. The summed E-state index contributed by atoms with van der Waals surface area (Å²) in [7, 11) is 0. The fourth-order valence-corrected chi connectivity index (χ4v) is 5.56. The van der Waals surface area contributed by atoms with Crippen molar-refractivity contribution in [1.29, 1.82) is 0 Å². The summed E-state index contributed by atoms with van der Waals surface area (Å²) in [4.78, 5) is 40.9. The molecule has 1 saturated carbocycles. The Hall–Kier alpha value is -2.99. The summed E-state index contributed by atoms with van der Waals surface area (Å²) in [6, 6.07) is 17.2. The van der Waals surface area contributed by atoms with Crippen LogP contribution in [0, 0.1) is 10.8 Å². The molecule has 0 radical (unpaired) electrons. The van der Waals surface area contributed by atoms with Crippen LogP contribution < -0.4 is 4.74 Å². The van der Waals surface area contributed by atoms with Crippen LogP contribution in [0.4, 0.5) is 0 Å². The number of ketones is 2. The second-order valence-corrected chi connectivity index (χ2v) is 8.55. The van der Waals surface area contributed by atoms with Crippen LogP contribution in [0.2, 0.25) is 0 Å². The first-order valence-corrected chi connectivity index (χ1v) is 10.5. The van der Waals surface area contributed by atoms with E-state index in [4.69, 9.17) is 9.15 Å². The maximum Gasteiger partial charge on any atom is 0.327 e. The number of carbonyl (C=O) groups is 3. The van der Waals surface area contributed by atoms with E-state index < -0.39 is 28.5 Å². The Labute approximate surface area is 181 Å². The summed E-state index contributed by atoms with van der Waals surface area (Å²) in [6.45, 7) is 1.83. The first-order valence-electron chi connectivity index (χ1n) is 9.68. The molecule has 1 fully saturated rings. The van der Waals surface area contributed by atoms with Gasteiger partial charge in [0.15, 0.2) is 17.0 Å². The SMILES string of the molecule is CC[C@@]1(C(=O)c2ccccc2)[C@@H]2c3cc(Br)ccc3OC(=O)[C@@]21C(=O)c1ccco1. The van der Waals surface area contributed by atoms with Gasteiger partial charge in [-0.3, -0.25) is 14.4 Å². The van der Waals surface area contributed by atoms with Crippen molar-refractivity contribution < 1.29 is 23.5 Å². The van der Waals surface area contributed by atoms with E-state index in [2.05, 4.69) is 15.9 Å². The summed E-state index contributed by atoms with van der Waals surface area (Å²) < 4.78 is 11.8. The van der Waals surface area contributed by atoms with Crippen molar-refractivity contribution in [2.45, 2.75) is 19.3 Å². The number of furan rings is 1. The van der Waals surface area contributed by atoms with Crippen LogP contribution in [0.5, 0.6) is 5.75 Å². The number of rotatable bonds is 5. The molecule has 1 aliphatic heterocycles. The van der Waals surface area contributed by atoms with Gasteiger partial charge in [-0.2, -0.15) is 0 Å². The molecule has 5 rings (SSSR count). The van der Waals surface area contributed by atoms with Crippen LogP contribution in [-0.2, 0) is 4.79 Å². The van der Waals surface area contributed by atoms with Crippen molar-refractivity contribution in [2.75, 3.05) is 0 Å². The second-order valence-electron chi connectivity index (χ2n) is 7.64. The number of ether oxygens (including phenoxy) is 1. The van der Waals surface area contributed by atoms with E-state index in [9.17, 15) is 14.4 Å². The molecule has 5 nitrogen and oxygen atoms in total. The van der Waals surface area contributed by atoms with Crippen LogP contribution in [0.25, 0.3) is 0 Å². The maximum atomic E-state index is 13.8. The molecule has 0 amide bonds. The molecule has 0 saturated heterocycles. The quantitative estimate of drug-likeness (QED) is 0.224. The minimum atomic E-state index is -1.65. The average Bonchev–Trinajstić information content (AvgIpc) is 3.07. The molecule has 0 N–H and O–H groups in total. The predicted molar refractivity (Wildman–Crippen MR) is 111 cm³/mol. The van der Waals surface area contributed by atoms with Crippen molar-refractivity contribution in [2.24, 2.45) is 10.8 Å². The summed E-state index contributed by atoms with van der Waals surface area (Å²) in [6.07, 6.45) is 1.69. The molecule has 6 heteroatoms. The van der Waals surface area contributed by atoms with E-state index in [1.807, 2.05) is 19.1 Å². The highest BCUT2D eigenvalue weighted by Gasteiger charge is 2.89. The van der Waals surface area contributed by atoms with Gasteiger partial charge in [-0.15, -0.1) is 0 Å². The minimum Gasteiger partial charge on any atom is -0.461 e. The highest BCUT2D eigenvalue weighted by atomic mass is 79.9. The Kier molecular flexibility index (Phi) is 4.12. The molecule has 2 aliphatic rings. The topological polar surface area (TPSA) is 73.6 Å². The molecule has 3 aromatic rings. The third-order valence-electron chi connectivity index (χ3n) is 6.46. The summed E-state index contributed by atoms with van der Waals surface area (Å²) in [5.41, 5.74) is -1.76. The lowest BCUT2D eigenvalue weighted by atomic mass is 9.80. The zero-order chi connectivity index (χ0) is 21.1. The predicted octanol–water partition coefficient (Wildman–Crippen LogP) is 5.21. The largest absolute Gasteiger partial charge is 0.461 e. The van der Waals surface area contributed by atoms with Gasteiger partial charge in [0.05, 0.1) is 11.7 Å². The van der Waals surface area contributed by atoms with Crippen LogP contribution in [-0.4, -0.2) is 17.5 Å². The fraction of sp³-hybridized carbons (Fsp3) is 0.208. The summed E-state index contributed by atoms with van der Waals surface area (Å²) >= 11 is 3.46. The normalized spacial score (nSPS) is 26.3. The molecule has 1 aliphatic carbocycles. The molecule has 2 heterocycles. The van der Waals surface area contributed by atoms with Gasteiger partial charge < -0.3 is 9.15 Å². The van der Waals surface area contributed by atoms with E-state index in [0.717, 1.165) is 4.47 Å². The van der Waals surface area contributed by atoms with E-state index >= 15 is 0 Å². The van der Waals surface area contributed by atoms with Crippen LogP contribution in [0.1, 0.15) is 45.7 Å². The number of benzene rings is 2. The van der Waals surface area contributed by atoms with E-state index in [-0.39, 0.29) is 11.5 Å². The molecule has 2 aromatic carbocycles. The van der Waals surface area contributed by atoms with Crippen molar-refractivity contribution in [3.05, 3.63) is 88.3 Å². The number of Topliss-reactive ketones (excluding diaryl/α,β-unsaturated/α-hetero) is 2. The number of halogens is 1. The lowest BCUT2D eigenvalue weighted by Gasteiger charge is -2.22. The van der Waals surface area contributed by atoms with Gasteiger partial charge in [-0.1, -0.05) is 53.2 Å². The molecular weight excluding hydrogens is 448 g/mol. The first-order chi connectivity index (χ1) is 14.5. The van der Waals surface area contributed by atoms with Gasteiger partial charge >= 0.3 is 5.97 Å². The summed E-state index contributed by atoms with van der Waals surface area (Å²) in [5.74, 6) is -1.65. The van der Waals surface area contributed by atoms with Crippen LogP contribution in [0.15, 0.2) is 75.8 Å². The van der Waals surface area contributed by atoms with Gasteiger partial charge in [-0.05, 0) is 36.8 Å². The number of esters is 1. The van der Waals surface area contributed by atoms with Crippen molar-refractivity contribution in [3.63, 3.8) is 0 Å². The lowest BCUT2D eigenvalue weighted by molar-refractivity contribution is -0.140. The van der Waals surface area contributed by atoms with Gasteiger partial charge in [0.25, 0.3) is 0 Å². The Bertz CT molecular complexity index is 1180. The molecule has 0 bridgehead atoms. The molecular formula is C24H17BrO5. The fourth-order valence-electron chi connectivity index (χ4n) is 5.18. The summed E-state index contributed by atoms with van der Waals surface area (Å²) in [5, 5.41) is 0. The van der Waals surface area contributed by atoms with Crippen molar-refractivity contribution in [1.82, 2.24) is 0 Å². The standard InChI is InChI=1S/C24H17BrO5/c1-2-23(20(26)14-7-4-3-5-8-14)19-16-13-15(25)10-11-17(16)30-22(28)24(19,23)21(27)18-9-6-12-29-18/h3-13,19H,2H2,1H3/t19-,23-,24-/m0/s1. The van der Waals surface area contributed by atoms with Gasteiger partial charge in [0, 0.05) is 21.5 Å². The smallest absolute Gasteiger partial charge is 0.327 e. The Morgan fingerprint density at radius 3 is 2.47 bits per heavy atom. The van der Waals surface area contributed by atoms with Crippen molar-refractivity contribution >= 4 is 33.5 Å². The molecule has 30 heavy (non-hydrogen) atoms. The van der Waals surface area contributed by atoms with Gasteiger partial charge in [-0.25, -0.2) is 0 Å². The maximum absolute atomic E-state index is 13.8. The van der Waals surface area contributed by atoms with E-state index in [1.165, 1.54) is 12.3 Å². The molecule has 3 atom stereocenters. The number of carbonyl (C=O) groups excluding carboxylic acids is 3. The third-order valence-corrected chi connectivity index (χ3v) is 6.95. The van der Waals surface area contributed by atoms with Gasteiger partial charge in [0.2, 0.25) is 5.78 Å². The molecule has 0 spiro atoms. The number of fused-ring (bicyclic) bond motifs is 3. The Morgan fingerprint density at radius 1 is 1.03 bits per heavy atom. The molecule has 1 aromatic heterocycles. The highest BCUT2D eigenvalue weighted by Crippen LogP contribution is 2.80. The van der Waals surface area contributed by atoms with Gasteiger partial charge in [0.1, 0.15) is 5.75 Å². The van der Waals surface area contributed by atoms with Crippen molar-refractivity contribution in [3.8, 4) is 5.75 Å². The number of hydrogen-bond donors (Lipinski definition) is 0. The highest BCUT2D eigenvalue weighted by molar-refractivity contribution is 9.10. The molecule has 0 unspecified atom stereocenters. The van der Waals surface area contributed by atoms with Crippen LogP contribution >= 0.6 is 15.9 Å². The first kappa shape index (κ1) is 19.0. The third kappa shape index (κ3) is 2.20. The van der Waals surface area contributed by atoms with E-state index in [1.54, 1.807) is 42.5 Å². The number of hydrogen-bond acceptors (Lipinski definition) is 5. The Balaban J connectivity index is 1.78.